The summed E-state index contributed by atoms with van der Waals surface area (Å²) in [6, 6.07) is 9.21. The number of hydrogen-bond acceptors (Lipinski definition) is 5. The number of amides is 1. The molecule has 0 saturated heterocycles. The molecule has 2 heterocycles. The van der Waals surface area contributed by atoms with Crippen LogP contribution in [-0.4, -0.2) is 25.9 Å². The van der Waals surface area contributed by atoms with Crippen LogP contribution in [0.2, 0.25) is 0 Å². The average molecular weight is 442 g/mol. The summed E-state index contributed by atoms with van der Waals surface area (Å²) in [5.74, 6) is 0.364. The number of aromatic nitrogens is 1. The maximum absolute atomic E-state index is 12.9. The molecule has 8 heteroatoms. The first-order valence-corrected chi connectivity index (χ1v) is 11.5. The number of pyridine rings is 1. The predicted octanol–water partition coefficient (Wildman–Crippen LogP) is 3.56. The third kappa shape index (κ3) is 5.21. The molecule has 0 fully saturated rings. The van der Waals surface area contributed by atoms with Crippen LogP contribution in [-0.2, 0) is 21.4 Å². The summed E-state index contributed by atoms with van der Waals surface area (Å²) >= 11 is 0. The quantitative estimate of drug-likeness (QED) is 0.557. The van der Waals surface area contributed by atoms with Gasteiger partial charge in [-0.1, -0.05) is 12.1 Å². The fraction of sp³-hybridized carbons (Fsp3) is 0.304. The Morgan fingerprint density at radius 3 is 2.42 bits per heavy atom. The van der Waals surface area contributed by atoms with Gasteiger partial charge in [0.1, 0.15) is 5.69 Å². The number of sulfonamides is 1. The second-order valence-electron chi connectivity index (χ2n) is 7.50. The number of nitrogens with one attached hydrogen (secondary N) is 2. The van der Waals surface area contributed by atoms with E-state index in [1.165, 1.54) is 0 Å². The van der Waals surface area contributed by atoms with Crippen molar-refractivity contribution in [1.29, 1.82) is 0 Å². The van der Waals surface area contributed by atoms with Crippen LogP contribution in [0.1, 0.15) is 34.2 Å². The van der Waals surface area contributed by atoms with E-state index in [-0.39, 0.29) is 25.4 Å². The minimum Gasteiger partial charge on any atom is -0.463 e. The van der Waals surface area contributed by atoms with E-state index in [1.807, 2.05) is 26.0 Å². The van der Waals surface area contributed by atoms with E-state index in [0.717, 1.165) is 27.8 Å². The molecule has 7 nitrogen and oxygen atoms in total. The molecule has 0 aliphatic carbocycles. The molecule has 0 spiro atoms. The highest BCUT2D eigenvalue weighted by Crippen LogP contribution is 2.26. The first-order valence-electron chi connectivity index (χ1n) is 10.0. The molecule has 0 atom stereocenters. The van der Waals surface area contributed by atoms with Crippen LogP contribution in [0.3, 0.4) is 0 Å². The lowest BCUT2D eigenvalue weighted by atomic mass is 10.0. The zero-order valence-corrected chi connectivity index (χ0v) is 19.0. The van der Waals surface area contributed by atoms with E-state index in [9.17, 15) is 13.2 Å². The van der Waals surface area contributed by atoms with E-state index >= 15 is 0 Å². The second kappa shape index (κ2) is 9.45. The summed E-state index contributed by atoms with van der Waals surface area (Å²) in [5, 5.41) is 2.81. The fourth-order valence-electron chi connectivity index (χ4n) is 3.45. The normalized spacial score (nSPS) is 11.5. The lowest BCUT2D eigenvalue weighted by Gasteiger charge is -2.16. The van der Waals surface area contributed by atoms with Gasteiger partial charge in [0.2, 0.25) is 15.9 Å². The third-order valence-corrected chi connectivity index (χ3v) is 7.07. The van der Waals surface area contributed by atoms with Gasteiger partial charge >= 0.3 is 0 Å². The molecule has 0 aliphatic rings. The van der Waals surface area contributed by atoms with Crippen molar-refractivity contribution in [2.75, 3.05) is 6.54 Å². The van der Waals surface area contributed by atoms with Gasteiger partial charge in [-0.3, -0.25) is 9.78 Å². The third-order valence-electron chi connectivity index (χ3n) is 5.33. The molecule has 0 aliphatic heterocycles. The second-order valence-corrected chi connectivity index (χ2v) is 9.21. The SMILES string of the molecule is Cc1cc(C)c(C)c(S(=O)(=O)NCCC(=O)NCc2cccnc2-c2ccco2)c1C. The first-order chi connectivity index (χ1) is 14.7. The van der Waals surface area contributed by atoms with Crippen molar-refractivity contribution in [3.05, 3.63) is 70.6 Å². The minimum atomic E-state index is -3.72. The molecule has 0 radical (unpaired) electrons. The number of furan rings is 1. The van der Waals surface area contributed by atoms with Crippen molar-refractivity contribution in [3.8, 4) is 11.5 Å². The van der Waals surface area contributed by atoms with Crippen LogP contribution in [0.4, 0.5) is 0 Å². The molecule has 0 saturated carbocycles. The largest absolute Gasteiger partial charge is 0.463 e. The summed E-state index contributed by atoms with van der Waals surface area (Å²) < 4.78 is 33.7. The van der Waals surface area contributed by atoms with Gasteiger partial charge in [0.25, 0.3) is 0 Å². The number of carbonyl (C=O) groups excluding carboxylic acids is 1. The molecular formula is C23H27N3O4S. The Kier molecular flexibility index (Phi) is 6.92. The van der Waals surface area contributed by atoms with Crippen molar-refractivity contribution >= 4 is 15.9 Å². The summed E-state index contributed by atoms with van der Waals surface area (Å²) in [4.78, 5) is 16.9. The van der Waals surface area contributed by atoms with E-state index in [1.54, 1.807) is 44.5 Å². The van der Waals surface area contributed by atoms with Crippen molar-refractivity contribution < 1.29 is 17.6 Å². The standard InChI is InChI=1S/C23H27N3O4S/c1-15-13-16(2)18(4)23(17(15)3)31(28,29)26-11-9-21(27)25-14-19-7-5-10-24-22(19)20-8-6-12-30-20/h5-8,10,12-13,26H,9,11,14H2,1-4H3,(H,25,27). The van der Waals surface area contributed by atoms with Gasteiger partial charge in [0, 0.05) is 31.3 Å². The monoisotopic (exact) mass is 441 g/mol. The molecule has 3 rings (SSSR count). The average Bonchev–Trinajstić information content (AvgIpc) is 3.25. The molecule has 2 N–H and O–H groups in total. The zero-order valence-electron chi connectivity index (χ0n) is 18.2. The van der Waals surface area contributed by atoms with Crippen LogP contribution >= 0.6 is 0 Å². The highest BCUT2D eigenvalue weighted by molar-refractivity contribution is 7.89. The van der Waals surface area contributed by atoms with Crippen LogP contribution in [0.15, 0.2) is 52.1 Å². The fourth-order valence-corrected chi connectivity index (χ4v) is 5.10. The van der Waals surface area contributed by atoms with Gasteiger partial charge in [-0.25, -0.2) is 13.1 Å². The van der Waals surface area contributed by atoms with E-state index in [0.29, 0.717) is 16.3 Å². The Bertz CT molecular complexity index is 1160. The van der Waals surface area contributed by atoms with E-state index in [2.05, 4.69) is 15.0 Å². The highest BCUT2D eigenvalue weighted by atomic mass is 32.2. The van der Waals surface area contributed by atoms with Gasteiger partial charge < -0.3 is 9.73 Å². The molecule has 164 valence electrons. The summed E-state index contributed by atoms with van der Waals surface area (Å²) in [6.45, 7) is 7.66. The van der Waals surface area contributed by atoms with E-state index in [4.69, 9.17) is 4.42 Å². The topological polar surface area (TPSA) is 101 Å². The predicted molar refractivity (Wildman–Crippen MR) is 119 cm³/mol. The molecule has 2 aromatic heterocycles. The number of carbonyl (C=O) groups is 1. The van der Waals surface area contributed by atoms with Crippen molar-refractivity contribution in [2.24, 2.45) is 0 Å². The maximum Gasteiger partial charge on any atom is 0.241 e. The first kappa shape index (κ1) is 22.7. The summed E-state index contributed by atoms with van der Waals surface area (Å²) in [7, 11) is -3.72. The number of hydrogen-bond donors (Lipinski definition) is 2. The maximum atomic E-state index is 12.9. The molecule has 1 amide bonds. The van der Waals surface area contributed by atoms with E-state index < -0.39 is 10.0 Å². The highest BCUT2D eigenvalue weighted by Gasteiger charge is 2.22. The van der Waals surface area contributed by atoms with Gasteiger partial charge in [-0.15, -0.1) is 0 Å². The van der Waals surface area contributed by atoms with Gasteiger partial charge in [-0.2, -0.15) is 0 Å². The Hall–Kier alpha value is -2.97. The molecule has 1 aromatic carbocycles. The zero-order chi connectivity index (χ0) is 22.6. The van der Waals surface area contributed by atoms with Crippen LogP contribution in [0.5, 0.6) is 0 Å². The van der Waals surface area contributed by atoms with Crippen LogP contribution < -0.4 is 10.0 Å². The van der Waals surface area contributed by atoms with Crippen molar-refractivity contribution in [3.63, 3.8) is 0 Å². The Morgan fingerprint density at radius 1 is 1.06 bits per heavy atom. The molecular weight excluding hydrogens is 414 g/mol. The Morgan fingerprint density at radius 2 is 1.77 bits per heavy atom. The van der Waals surface area contributed by atoms with Crippen molar-refractivity contribution in [1.82, 2.24) is 15.0 Å². The number of rotatable bonds is 8. The number of aryl methyl sites for hydroxylation is 2. The summed E-state index contributed by atoms with van der Waals surface area (Å²) in [5.41, 5.74) is 4.77. The lowest BCUT2D eigenvalue weighted by molar-refractivity contribution is -0.121. The van der Waals surface area contributed by atoms with Crippen LogP contribution in [0.25, 0.3) is 11.5 Å². The summed E-state index contributed by atoms with van der Waals surface area (Å²) in [6.07, 6.45) is 3.26. The number of nitrogens with zero attached hydrogens (tertiary/aromatic N) is 1. The lowest BCUT2D eigenvalue weighted by Crippen LogP contribution is -2.31. The number of benzene rings is 1. The Labute approximate surface area is 183 Å². The Balaban J connectivity index is 1.60. The van der Waals surface area contributed by atoms with Gasteiger partial charge in [0.15, 0.2) is 5.76 Å². The molecule has 3 aromatic rings. The smallest absolute Gasteiger partial charge is 0.241 e. The molecule has 31 heavy (non-hydrogen) atoms. The minimum absolute atomic E-state index is 0.0120. The molecule has 0 bridgehead atoms. The van der Waals surface area contributed by atoms with Crippen LogP contribution in [0, 0.1) is 27.7 Å². The molecule has 0 unspecified atom stereocenters. The van der Waals surface area contributed by atoms with Gasteiger partial charge in [0.05, 0.1) is 11.2 Å². The van der Waals surface area contributed by atoms with Gasteiger partial charge in [-0.05, 0) is 68.1 Å². The van der Waals surface area contributed by atoms with Crippen molar-refractivity contribution in [2.45, 2.75) is 45.6 Å².